The number of carbonyl (C=O) groups excluding carboxylic acids is 1. The number of amides is 1. The molecule has 3 aliphatic heterocycles. The van der Waals surface area contributed by atoms with Gasteiger partial charge < -0.3 is 24.2 Å². The first-order chi connectivity index (χ1) is 17.9. The third kappa shape index (κ3) is 4.93. The Labute approximate surface area is 218 Å². The van der Waals surface area contributed by atoms with Crippen molar-refractivity contribution >= 4 is 17.7 Å². The number of alkyl halides is 3. The van der Waals surface area contributed by atoms with Gasteiger partial charge in [-0.05, 0) is 43.9 Å². The van der Waals surface area contributed by atoms with E-state index in [9.17, 15) is 22.8 Å². The van der Waals surface area contributed by atoms with Crippen LogP contribution in [0.5, 0.6) is 5.75 Å². The maximum Gasteiger partial charge on any atom is 0.413 e. The molecule has 38 heavy (non-hydrogen) atoms. The third-order valence-corrected chi connectivity index (χ3v) is 7.66. The summed E-state index contributed by atoms with van der Waals surface area (Å²) in [6.07, 6.45) is -2.32. The van der Waals surface area contributed by atoms with Crippen molar-refractivity contribution in [2.75, 3.05) is 50.1 Å². The van der Waals surface area contributed by atoms with E-state index in [0.717, 1.165) is 29.9 Å². The van der Waals surface area contributed by atoms with Gasteiger partial charge in [0.15, 0.2) is 12.1 Å². The van der Waals surface area contributed by atoms with E-state index in [4.69, 9.17) is 9.47 Å². The summed E-state index contributed by atoms with van der Waals surface area (Å²) in [7, 11) is 3.27. The predicted molar refractivity (Wildman–Crippen MR) is 135 cm³/mol. The number of likely N-dealkylation sites (N-methyl/N-ethyl adjacent to an activating group) is 1. The molecule has 2 saturated heterocycles. The topological polar surface area (TPSA) is 80.1 Å². The van der Waals surface area contributed by atoms with Crippen LogP contribution >= 0.6 is 0 Å². The molecule has 3 atom stereocenters. The second kappa shape index (κ2) is 9.79. The number of hydrogen-bond donors (Lipinski definition) is 0. The van der Waals surface area contributed by atoms with Crippen molar-refractivity contribution in [3.05, 3.63) is 46.2 Å². The number of benzene rings is 1. The Morgan fingerprint density at radius 1 is 1.18 bits per heavy atom. The standard InChI is InChI=1S/C26H32F3N5O4/c1-25(26(27,28)29)16-33-22(35)12-21(32-13-19-8-9-20(14-32)38-19)30-24(33)34(25)11-10-17-4-6-18(7-5-17)37-15-23(36)31(2)3/h4-7,12,19-20H,8-11,13-16H2,1-3H3. The maximum atomic E-state index is 14.4. The fourth-order valence-electron chi connectivity index (χ4n) is 5.27. The molecule has 0 radical (unpaired) electrons. The number of fused-ring (bicyclic) bond motifs is 3. The fraction of sp³-hybridized carbons (Fsp3) is 0.577. The van der Waals surface area contributed by atoms with Crippen LogP contribution in [0.4, 0.5) is 24.9 Å². The summed E-state index contributed by atoms with van der Waals surface area (Å²) in [5.41, 5.74) is -1.97. The van der Waals surface area contributed by atoms with Crippen LogP contribution in [0.1, 0.15) is 25.3 Å². The molecule has 4 heterocycles. The Morgan fingerprint density at radius 2 is 1.84 bits per heavy atom. The average molecular weight is 536 g/mol. The van der Waals surface area contributed by atoms with E-state index in [0.29, 0.717) is 31.1 Å². The lowest BCUT2D eigenvalue weighted by Crippen LogP contribution is -2.56. The lowest BCUT2D eigenvalue weighted by Gasteiger charge is -2.37. The highest BCUT2D eigenvalue weighted by Gasteiger charge is 2.59. The molecule has 3 aliphatic rings. The van der Waals surface area contributed by atoms with Gasteiger partial charge in [0.25, 0.3) is 11.5 Å². The molecule has 2 bridgehead atoms. The smallest absolute Gasteiger partial charge is 0.413 e. The van der Waals surface area contributed by atoms with Crippen LogP contribution in [0.3, 0.4) is 0 Å². The van der Waals surface area contributed by atoms with Gasteiger partial charge in [-0.3, -0.25) is 14.2 Å². The number of anilines is 2. The number of rotatable bonds is 7. The van der Waals surface area contributed by atoms with Crippen molar-refractivity contribution in [3.8, 4) is 5.75 Å². The van der Waals surface area contributed by atoms with E-state index in [1.807, 2.05) is 4.90 Å². The fourth-order valence-corrected chi connectivity index (χ4v) is 5.27. The van der Waals surface area contributed by atoms with Crippen molar-refractivity contribution in [3.63, 3.8) is 0 Å². The Hall–Kier alpha value is -3.28. The minimum absolute atomic E-state index is 0.0135. The molecule has 2 aromatic rings. The molecule has 0 aliphatic carbocycles. The van der Waals surface area contributed by atoms with Crippen LogP contribution in [0, 0.1) is 0 Å². The number of carbonyl (C=O) groups is 1. The van der Waals surface area contributed by atoms with Crippen molar-refractivity contribution < 1.29 is 27.4 Å². The molecular weight excluding hydrogens is 503 g/mol. The summed E-state index contributed by atoms with van der Waals surface area (Å²) in [6.45, 7) is 1.65. The van der Waals surface area contributed by atoms with Gasteiger partial charge in [0.1, 0.15) is 11.6 Å². The lowest BCUT2D eigenvalue weighted by atomic mass is 10.00. The number of aromatic nitrogens is 2. The van der Waals surface area contributed by atoms with E-state index >= 15 is 0 Å². The van der Waals surface area contributed by atoms with Crippen molar-refractivity contribution in [1.82, 2.24) is 14.5 Å². The van der Waals surface area contributed by atoms with Crippen LogP contribution in [0.2, 0.25) is 0 Å². The van der Waals surface area contributed by atoms with Gasteiger partial charge in [-0.15, -0.1) is 0 Å². The SMILES string of the molecule is CN(C)C(=O)COc1ccc(CCN2c3nc(N4CC5CCC(C4)O5)cc(=O)n3CC2(C)C(F)(F)F)cc1. The van der Waals surface area contributed by atoms with Gasteiger partial charge >= 0.3 is 6.18 Å². The molecule has 12 heteroatoms. The minimum atomic E-state index is -4.58. The van der Waals surface area contributed by atoms with Gasteiger partial charge in [-0.1, -0.05) is 12.1 Å². The largest absolute Gasteiger partial charge is 0.484 e. The highest BCUT2D eigenvalue weighted by atomic mass is 19.4. The van der Waals surface area contributed by atoms with Crippen LogP contribution in [-0.4, -0.2) is 84.6 Å². The Kier molecular flexibility index (Phi) is 6.79. The predicted octanol–water partition coefficient (Wildman–Crippen LogP) is 2.46. The second-order valence-electron chi connectivity index (χ2n) is 10.6. The van der Waals surface area contributed by atoms with Crippen LogP contribution in [0.15, 0.2) is 35.1 Å². The van der Waals surface area contributed by atoms with Crippen LogP contribution in [0.25, 0.3) is 0 Å². The van der Waals surface area contributed by atoms with Crippen molar-refractivity contribution in [2.45, 2.75) is 56.7 Å². The Morgan fingerprint density at radius 3 is 2.45 bits per heavy atom. The van der Waals surface area contributed by atoms with E-state index in [1.165, 1.54) is 15.9 Å². The van der Waals surface area contributed by atoms with Gasteiger partial charge in [-0.25, -0.2) is 0 Å². The number of ether oxygens (including phenoxy) is 2. The summed E-state index contributed by atoms with van der Waals surface area (Å²) < 4.78 is 55.6. The molecule has 3 unspecified atom stereocenters. The molecule has 0 N–H and O–H groups in total. The molecule has 206 valence electrons. The summed E-state index contributed by atoms with van der Waals surface area (Å²) in [6, 6.07) is 8.24. The van der Waals surface area contributed by atoms with Crippen LogP contribution in [-0.2, 0) is 22.5 Å². The first-order valence-corrected chi connectivity index (χ1v) is 12.7. The normalized spacial score (nSPS) is 24.5. The quantitative estimate of drug-likeness (QED) is 0.539. The number of morpholine rings is 1. The molecule has 0 saturated carbocycles. The van der Waals surface area contributed by atoms with E-state index < -0.39 is 23.8 Å². The first-order valence-electron chi connectivity index (χ1n) is 12.7. The zero-order valence-electron chi connectivity index (χ0n) is 21.7. The molecule has 5 rings (SSSR count). The molecular formula is C26H32F3N5O4. The highest BCUT2D eigenvalue weighted by molar-refractivity contribution is 5.77. The van der Waals surface area contributed by atoms with Crippen LogP contribution < -0.4 is 20.1 Å². The summed E-state index contributed by atoms with van der Waals surface area (Å²) in [4.78, 5) is 33.9. The lowest BCUT2D eigenvalue weighted by molar-refractivity contribution is -0.182. The van der Waals surface area contributed by atoms with E-state index in [2.05, 4.69) is 4.98 Å². The highest BCUT2D eigenvalue weighted by Crippen LogP contribution is 2.43. The van der Waals surface area contributed by atoms with Gasteiger partial charge in [0.2, 0.25) is 5.95 Å². The van der Waals surface area contributed by atoms with Gasteiger partial charge in [-0.2, -0.15) is 18.2 Å². The Bertz CT molecular complexity index is 1240. The molecule has 1 aromatic carbocycles. The van der Waals surface area contributed by atoms with E-state index in [-0.39, 0.29) is 37.2 Å². The number of hydrogen-bond acceptors (Lipinski definition) is 7. The number of nitrogens with zero attached hydrogens (tertiary/aromatic N) is 5. The molecule has 9 nitrogen and oxygen atoms in total. The monoisotopic (exact) mass is 535 g/mol. The number of halogens is 3. The van der Waals surface area contributed by atoms with Crippen molar-refractivity contribution in [2.24, 2.45) is 0 Å². The van der Waals surface area contributed by atoms with E-state index in [1.54, 1.807) is 38.4 Å². The van der Waals surface area contributed by atoms with Crippen molar-refractivity contribution in [1.29, 1.82) is 0 Å². The van der Waals surface area contributed by atoms with Gasteiger partial charge in [0.05, 0.1) is 18.8 Å². The second-order valence-corrected chi connectivity index (χ2v) is 10.6. The van der Waals surface area contributed by atoms with Gasteiger partial charge in [0, 0.05) is 39.8 Å². The zero-order chi connectivity index (χ0) is 27.2. The summed E-state index contributed by atoms with van der Waals surface area (Å²) >= 11 is 0. The Balaban J connectivity index is 1.36. The zero-order valence-corrected chi connectivity index (χ0v) is 21.7. The minimum Gasteiger partial charge on any atom is -0.484 e. The average Bonchev–Trinajstić information content (AvgIpc) is 3.37. The molecule has 2 fully saturated rings. The molecule has 1 aromatic heterocycles. The summed E-state index contributed by atoms with van der Waals surface area (Å²) in [5, 5.41) is 0. The third-order valence-electron chi connectivity index (χ3n) is 7.66. The molecule has 1 amide bonds. The first kappa shape index (κ1) is 26.3. The maximum absolute atomic E-state index is 14.4. The summed E-state index contributed by atoms with van der Waals surface area (Å²) in [5.74, 6) is 0.743. The molecule has 0 spiro atoms.